The number of aromatic nitrogens is 4. The molecule has 1 aromatic carbocycles. The van der Waals surface area contributed by atoms with Crippen molar-refractivity contribution in [2.75, 3.05) is 0 Å². The van der Waals surface area contributed by atoms with Crippen LogP contribution in [0.5, 0.6) is 0 Å². The van der Waals surface area contributed by atoms with Crippen molar-refractivity contribution in [2.45, 2.75) is 31.2 Å². The molecule has 0 unspecified atom stereocenters. The van der Waals surface area contributed by atoms with Gasteiger partial charge < -0.3 is 10.3 Å². The zero-order valence-corrected chi connectivity index (χ0v) is 13.0. The molecule has 0 bridgehead atoms. The molecule has 0 atom stereocenters. The molecule has 0 aliphatic heterocycles. The van der Waals surface area contributed by atoms with E-state index in [1.807, 2.05) is 0 Å². The first kappa shape index (κ1) is 15.8. The summed E-state index contributed by atoms with van der Waals surface area (Å²) in [5.74, 6) is 0.268. The van der Waals surface area contributed by atoms with Crippen molar-refractivity contribution in [3.63, 3.8) is 0 Å². The van der Waals surface area contributed by atoms with Crippen LogP contribution in [0.25, 0.3) is 22.5 Å². The summed E-state index contributed by atoms with van der Waals surface area (Å²) in [6, 6.07) is 2.65. The summed E-state index contributed by atoms with van der Waals surface area (Å²) < 4.78 is 19.1. The molecule has 2 heterocycles. The highest BCUT2D eigenvalue weighted by Crippen LogP contribution is 2.36. The monoisotopic (exact) mass is 335 g/mol. The summed E-state index contributed by atoms with van der Waals surface area (Å²) in [7, 11) is 0. The van der Waals surface area contributed by atoms with Crippen LogP contribution >= 0.6 is 12.4 Å². The molecule has 1 saturated carbocycles. The Balaban J connectivity index is 0.00000156. The Bertz CT molecular complexity index is 847. The second-order valence-corrected chi connectivity index (χ2v) is 5.66. The van der Waals surface area contributed by atoms with E-state index in [0.29, 0.717) is 22.4 Å². The fourth-order valence-electron chi connectivity index (χ4n) is 2.97. The summed E-state index contributed by atoms with van der Waals surface area (Å²) in [6.07, 6.45) is 6.81. The molecule has 0 amide bonds. The molecule has 120 valence electrons. The molecule has 1 fully saturated rings. The second kappa shape index (κ2) is 5.82. The minimum absolute atomic E-state index is 0. The van der Waals surface area contributed by atoms with E-state index in [0.717, 1.165) is 25.7 Å². The third-order valence-electron chi connectivity index (χ3n) is 4.14. The number of nitrogens with two attached hydrogens (primary N) is 1. The van der Waals surface area contributed by atoms with Gasteiger partial charge >= 0.3 is 0 Å². The predicted octanol–water partition coefficient (Wildman–Crippen LogP) is 2.97. The van der Waals surface area contributed by atoms with Gasteiger partial charge in [0.2, 0.25) is 0 Å². The van der Waals surface area contributed by atoms with E-state index >= 15 is 0 Å². The third kappa shape index (κ3) is 2.66. The van der Waals surface area contributed by atoms with Gasteiger partial charge in [0, 0.05) is 18.5 Å². The van der Waals surface area contributed by atoms with Gasteiger partial charge in [0.25, 0.3) is 5.89 Å². The molecule has 2 aromatic heterocycles. The summed E-state index contributed by atoms with van der Waals surface area (Å²) in [5.41, 5.74) is 7.19. The highest BCUT2D eigenvalue weighted by atomic mass is 35.5. The van der Waals surface area contributed by atoms with E-state index < -0.39 is 11.4 Å². The minimum atomic E-state index is -0.545. The summed E-state index contributed by atoms with van der Waals surface area (Å²) in [5, 5.41) is 4.00. The fourth-order valence-corrected chi connectivity index (χ4v) is 2.97. The highest BCUT2D eigenvalue weighted by molar-refractivity contribution is 5.88. The van der Waals surface area contributed by atoms with E-state index in [4.69, 9.17) is 10.3 Å². The zero-order chi connectivity index (χ0) is 15.2. The molecule has 2 N–H and O–H groups in total. The molecule has 0 saturated heterocycles. The lowest BCUT2D eigenvalue weighted by molar-refractivity contribution is 0.372. The maximum Gasteiger partial charge on any atom is 0.260 e. The Morgan fingerprint density at radius 3 is 2.65 bits per heavy atom. The van der Waals surface area contributed by atoms with Crippen LogP contribution in [0.3, 0.4) is 0 Å². The smallest absolute Gasteiger partial charge is 0.260 e. The lowest BCUT2D eigenvalue weighted by Gasteiger charge is -2.17. The average Bonchev–Trinajstić information content (AvgIpc) is 3.16. The quantitative estimate of drug-likeness (QED) is 0.774. The Morgan fingerprint density at radius 1 is 1.13 bits per heavy atom. The summed E-state index contributed by atoms with van der Waals surface area (Å²) >= 11 is 0. The lowest BCUT2D eigenvalue weighted by Crippen LogP contribution is -2.34. The van der Waals surface area contributed by atoms with E-state index in [2.05, 4.69) is 20.1 Å². The number of halogens is 2. The first-order valence-corrected chi connectivity index (χ1v) is 7.19. The van der Waals surface area contributed by atoms with Gasteiger partial charge in [-0.1, -0.05) is 18.0 Å². The third-order valence-corrected chi connectivity index (χ3v) is 4.14. The van der Waals surface area contributed by atoms with E-state index in [9.17, 15) is 4.39 Å². The molecular weight excluding hydrogens is 321 g/mol. The van der Waals surface area contributed by atoms with Crippen molar-refractivity contribution in [2.24, 2.45) is 5.73 Å². The van der Waals surface area contributed by atoms with E-state index in [1.165, 1.54) is 18.3 Å². The Hall–Kier alpha value is -2.12. The predicted molar refractivity (Wildman–Crippen MR) is 84.4 cm³/mol. The molecule has 0 spiro atoms. The van der Waals surface area contributed by atoms with Gasteiger partial charge in [-0.15, -0.1) is 12.4 Å². The van der Waals surface area contributed by atoms with Gasteiger partial charge in [0.15, 0.2) is 5.82 Å². The second-order valence-electron chi connectivity index (χ2n) is 5.66. The van der Waals surface area contributed by atoms with Crippen molar-refractivity contribution in [1.82, 2.24) is 20.1 Å². The molecule has 1 aliphatic rings. The molecule has 0 radical (unpaired) electrons. The Kier molecular flexibility index (Phi) is 3.99. The summed E-state index contributed by atoms with van der Waals surface area (Å²) in [6.45, 7) is 0. The average molecular weight is 336 g/mol. The molecule has 4 rings (SSSR count). The van der Waals surface area contributed by atoms with Crippen molar-refractivity contribution >= 4 is 23.4 Å². The topological polar surface area (TPSA) is 90.7 Å². The van der Waals surface area contributed by atoms with Gasteiger partial charge in [0.05, 0.1) is 16.6 Å². The first-order valence-electron chi connectivity index (χ1n) is 7.19. The number of rotatable bonds is 2. The fraction of sp³-hybridized carbons (Fsp3) is 0.333. The molecule has 6 nitrogen and oxygen atoms in total. The number of hydrogen-bond acceptors (Lipinski definition) is 6. The van der Waals surface area contributed by atoms with Crippen LogP contribution in [0.1, 0.15) is 31.5 Å². The van der Waals surface area contributed by atoms with Crippen LogP contribution in [-0.2, 0) is 5.54 Å². The lowest BCUT2D eigenvalue weighted by atomic mass is 9.98. The van der Waals surface area contributed by atoms with Crippen molar-refractivity contribution in [3.8, 4) is 11.5 Å². The summed E-state index contributed by atoms with van der Waals surface area (Å²) in [4.78, 5) is 12.7. The normalized spacial score (nSPS) is 16.4. The van der Waals surface area contributed by atoms with Crippen molar-refractivity contribution < 1.29 is 8.91 Å². The van der Waals surface area contributed by atoms with Crippen molar-refractivity contribution in [1.29, 1.82) is 0 Å². The van der Waals surface area contributed by atoms with Gasteiger partial charge in [-0.25, -0.2) is 4.39 Å². The molecule has 1 aliphatic carbocycles. The largest absolute Gasteiger partial charge is 0.334 e. The van der Waals surface area contributed by atoms with Crippen LogP contribution in [0.4, 0.5) is 4.39 Å². The molecular formula is C15H15ClFN5O. The SMILES string of the molecule is Cl.NC1(c2noc(-c3cc(F)cc4nccnc34)n2)CCCC1. The van der Waals surface area contributed by atoms with Gasteiger partial charge in [-0.05, 0) is 18.9 Å². The highest BCUT2D eigenvalue weighted by Gasteiger charge is 2.36. The standard InChI is InChI=1S/C15H14FN5O.ClH/c16-9-7-10(12-11(8-9)18-5-6-19-12)13-20-14(21-22-13)15(17)3-1-2-4-15;/h5-8H,1-4,17H2;1H. The van der Waals surface area contributed by atoms with Crippen LogP contribution in [-0.4, -0.2) is 20.1 Å². The molecule has 23 heavy (non-hydrogen) atoms. The van der Waals surface area contributed by atoms with E-state index in [1.54, 1.807) is 6.20 Å². The Labute approximate surface area is 137 Å². The van der Waals surface area contributed by atoms with Crippen LogP contribution in [0.15, 0.2) is 29.0 Å². The van der Waals surface area contributed by atoms with E-state index in [-0.39, 0.29) is 18.3 Å². The van der Waals surface area contributed by atoms with Crippen molar-refractivity contribution in [3.05, 3.63) is 36.2 Å². The number of benzene rings is 1. The Morgan fingerprint density at radius 2 is 1.87 bits per heavy atom. The minimum Gasteiger partial charge on any atom is -0.334 e. The van der Waals surface area contributed by atoms with Crippen LogP contribution in [0, 0.1) is 5.82 Å². The van der Waals surface area contributed by atoms with Gasteiger partial charge in [-0.3, -0.25) is 9.97 Å². The van der Waals surface area contributed by atoms with Gasteiger partial charge in [-0.2, -0.15) is 4.98 Å². The molecule has 8 heteroatoms. The van der Waals surface area contributed by atoms with Crippen LogP contribution < -0.4 is 5.73 Å². The number of fused-ring (bicyclic) bond motifs is 1. The number of nitrogens with zero attached hydrogens (tertiary/aromatic N) is 4. The molecule has 3 aromatic rings. The zero-order valence-electron chi connectivity index (χ0n) is 12.2. The maximum absolute atomic E-state index is 13.8. The van der Waals surface area contributed by atoms with Gasteiger partial charge in [0.1, 0.15) is 11.3 Å². The maximum atomic E-state index is 13.8. The van der Waals surface area contributed by atoms with Crippen LogP contribution in [0.2, 0.25) is 0 Å². The number of hydrogen-bond donors (Lipinski definition) is 1. The first-order chi connectivity index (χ1) is 10.7.